The highest BCUT2D eigenvalue weighted by Crippen LogP contribution is 2.27. The van der Waals surface area contributed by atoms with Gasteiger partial charge in [-0.3, -0.25) is 0 Å². The third-order valence-electron chi connectivity index (χ3n) is 2.28. The molecule has 0 amide bonds. The number of halogens is 2. The van der Waals surface area contributed by atoms with Gasteiger partial charge in [-0.25, -0.2) is 13.4 Å². The highest BCUT2D eigenvalue weighted by atomic mass is 35.5. The summed E-state index contributed by atoms with van der Waals surface area (Å²) in [5, 5.41) is -0.470. The van der Waals surface area contributed by atoms with Gasteiger partial charge >= 0.3 is 0 Å². The average Bonchev–Trinajstić information content (AvgIpc) is 2.33. The molecule has 1 aromatic rings. The molecule has 0 spiro atoms. The first kappa shape index (κ1) is 17.9. The summed E-state index contributed by atoms with van der Waals surface area (Å²) in [5.74, 6) is 0. The number of hydrogen-bond donors (Lipinski definition) is 0. The summed E-state index contributed by atoms with van der Waals surface area (Å²) in [6.07, 6.45) is 0. The Labute approximate surface area is 135 Å². The van der Waals surface area contributed by atoms with Gasteiger partial charge in [0.2, 0.25) is 14.9 Å². The topological polar surface area (TPSA) is 58.9 Å². The zero-order chi connectivity index (χ0) is 16.3. The summed E-state index contributed by atoms with van der Waals surface area (Å²) < 4.78 is 24.4. The second-order valence-corrected chi connectivity index (χ2v) is 8.19. The van der Waals surface area contributed by atoms with E-state index >= 15 is 0 Å². The molecule has 0 aliphatic heterocycles. The maximum absolute atomic E-state index is 12.4. The van der Waals surface area contributed by atoms with Crippen LogP contribution in [0.5, 0.6) is 0 Å². The first-order valence-electron chi connectivity index (χ1n) is 6.09. The third kappa shape index (κ3) is 5.29. The van der Waals surface area contributed by atoms with Crippen LogP contribution in [-0.4, -0.2) is 20.0 Å². The number of hydrogen-bond acceptors (Lipinski definition) is 4. The quantitative estimate of drug-likeness (QED) is 0.764. The number of benzene rings is 1. The van der Waals surface area contributed by atoms with Gasteiger partial charge in [-0.15, -0.1) is 0 Å². The van der Waals surface area contributed by atoms with Crippen LogP contribution in [0.15, 0.2) is 48.7 Å². The van der Waals surface area contributed by atoms with Crippen LogP contribution in [0, 0.1) is 6.92 Å². The summed E-state index contributed by atoms with van der Waals surface area (Å²) in [5.41, 5.74) is 0.510. The fourth-order valence-corrected chi connectivity index (χ4v) is 3.03. The molecule has 114 valence electrons. The monoisotopic (exact) mass is 346 g/mol. The fourth-order valence-electron chi connectivity index (χ4n) is 1.25. The Bertz CT molecular complexity index is 704. The van der Waals surface area contributed by atoms with Crippen LogP contribution >= 0.6 is 23.2 Å². The van der Waals surface area contributed by atoms with E-state index in [-0.39, 0.29) is 4.90 Å². The van der Waals surface area contributed by atoms with E-state index < -0.39 is 24.9 Å². The molecular weight excluding hydrogens is 331 g/mol. The van der Waals surface area contributed by atoms with Crippen LogP contribution in [0.1, 0.15) is 26.3 Å². The summed E-state index contributed by atoms with van der Waals surface area (Å²) in [7, 11) is -3.91. The Morgan fingerprint density at radius 1 is 1.14 bits per heavy atom. The standard InChI is InChI=1S/C14H16Cl2N2O2S/c1-10-5-7-11(8-6-10)21(19,20)13(12(15)16)17-9-18-14(2,3)4/h5-8H,1-4H3. The molecule has 0 saturated carbocycles. The Morgan fingerprint density at radius 2 is 1.67 bits per heavy atom. The molecule has 0 saturated heterocycles. The number of sulfone groups is 1. The van der Waals surface area contributed by atoms with Crippen molar-refractivity contribution < 1.29 is 8.42 Å². The Kier molecular flexibility index (Phi) is 5.76. The number of rotatable bonds is 3. The molecular formula is C14H16Cl2N2O2S. The van der Waals surface area contributed by atoms with Crippen LogP contribution in [0.25, 0.3) is 0 Å². The SMILES string of the molecule is Cc1ccc(S(=O)(=O)C(N=C=NC(C)(C)C)=C(Cl)Cl)cc1. The molecule has 0 bridgehead atoms. The first-order valence-corrected chi connectivity index (χ1v) is 8.32. The number of nitrogens with zero attached hydrogens (tertiary/aromatic N) is 2. The summed E-state index contributed by atoms with van der Waals surface area (Å²) in [6, 6.07) is 8.64. The molecule has 0 atom stereocenters. The number of aryl methyl sites for hydroxylation is 1. The van der Waals surface area contributed by atoms with Crippen LogP contribution in [-0.2, 0) is 9.84 Å². The highest BCUT2D eigenvalue weighted by molar-refractivity contribution is 7.95. The van der Waals surface area contributed by atoms with Gasteiger partial charge in [-0.05, 0) is 39.8 Å². The Morgan fingerprint density at radius 3 is 2.10 bits per heavy atom. The van der Waals surface area contributed by atoms with Gasteiger partial charge in [0.15, 0.2) is 0 Å². The van der Waals surface area contributed by atoms with Crippen molar-refractivity contribution in [3.05, 3.63) is 39.3 Å². The van der Waals surface area contributed by atoms with E-state index in [0.717, 1.165) is 5.56 Å². The molecule has 0 fully saturated rings. The van der Waals surface area contributed by atoms with Crippen molar-refractivity contribution in [3.8, 4) is 0 Å². The van der Waals surface area contributed by atoms with Crippen molar-refractivity contribution in [1.82, 2.24) is 0 Å². The van der Waals surface area contributed by atoms with E-state index in [2.05, 4.69) is 16.0 Å². The second-order valence-electron chi connectivity index (χ2n) is 5.38. The molecule has 0 aromatic heterocycles. The molecule has 1 aromatic carbocycles. The molecule has 1 rings (SSSR count). The van der Waals surface area contributed by atoms with E-state index in [4.69, 9.17) is 23.2 Å². The zero-order valence-corrected chi connectivity index (χ0v) is 14.5. The zero-order valence-electron chi connectivity index (χ0n) is 12.2. The van der Waals surface area contributed by atoms with Gasteiger partial charge in [0.1, 0.15) is 4.49 Å². The van der Waals surface area contributed by atoms with Crippen LogP contribution < -0.4 is 0 Å². The normalized spacial score (nSPS) is 11.5. The van der Waals surface area contributed by atoms with Gasteiger partial charge in [0, 0.05) is 0 Å². The minimum atomic E-state index is -3.91. The van der Waals surface area contributed by atoms with E-state index in [1.807, 2.05) is 27.7 Å². The van der Waals surface area contributed by atoms with Crippen molar-refractivity contribution in [3.63, 3.8) is 0 Å². The Balaban J connectivity index is 3.34. The van der Waals surface area contributed by atoms with Gasteiger partial charge in [-0.2, -0.15) is 4.99 Å². The maximum Gasteiger partial charge on any atom is 0.227 e. The summed E-state index contributed by atoms with van der Waals surface area (Å²) >= 11 is 11.3. The first-order chi connectivity index (χ1) is 9.54. The summed E-state index contributed by atoms with van der Waals surface area (Å²) in [4.78, 5) is 7.72. The molecule has 7 heteroatoms. The molecule has 0 unspecified atom stereocenters. The van der Waals surface area contributed by atoms with Gasteiger partial charge in [-0.1, -0.05) is 40.9 Å². The fraction of sp³-hybridized carbons (Fsp3) is 0.357. The van der Waals surface area contributed by atoms with Crippen molar-refractivity contribution in [1.29, 1.82) is 0 Å². The van der Waals surface area contributed by atoms with E-state index in [1.54, 1.807) is 12.1 Å². The van der Waals surface area contributed by atoms with Crippen molar-refractivity contribution in [2.75, 3.05) is 0 Å². The van der Waals surface area contributed by atoms with Gasteiger partial charge in [0.25, 0.3) is 0 Å². The van der Waals surface area contributed by atoms with Crippen LogP contribution in [0.4, 0.5) is 0 Å². The summed E-state index contributed by atoms with van der Waals surface area (Å²) in [6.45, 7) is 7.34. The molecule has 0 N–H and O–H groups in total. The number of aliphatic imine (C=N–C) groups is 2. The smallest absolute Gasteiger partial charge is 0.219 e. The van der Waals surface area contributed by atoms with Crippen molar-refractivity contribution in [2.45, 2.75) is 38.1 Å². The lowest BCUT2D eigenvalue weighted by Gasteiger charge is -2.07. The van der Waals surface area contributed by atoms with Gasteiger partial charge in [0.05, 0.1) is 16.4 Å². The van der Waals surface area contributed by atoms with E-state index in [0.29, 0.717) is 0 Å². The molecule has 0 heterocycles. The van der Waals surface area contributed by atoms with Gasteiger partial charge < -0.3 is 0 Å². The van der Waals surface area contributed by atoms with E-state index in [1.165, 1.54) is 12.1 Å². The molecule has 21 heavy (non-hydrogen) atoms. The predicted octanol–water partition coefficient (Wildman–Crippen LogP) is 4.35. The minimum Gasteiger partial charge on any atom is -0.219 e. The molecule has 0 radical (unpaired) electrons. The minimum absolute atomic E-state index is 0.0585. The highest BCUT2D eigenvalue weighted by Gasteiger charge is 2.23. The lowest BCUT2D eigenvalue weighted by Crippen LogP contribution is -2.08. The van der Waals surface area contributed by atoms with E-state index in [9.17, 15) is 8.42 Å². The van der Waals surface area contributed by atoms with Crippen molar-refractivity contribution in [2.24, 2.45) is 9.98 Å². The Hall–Kier alpha value is -1.13. The third-order valence-corrected chi connectivity index (χ3v) is 4.56. The lowest BCUT2D eigenvalue weighted by atomic mass is 10.1. The van der Waals surface area contributed by atoms with Crippen LogP contribution in [0.3, 0.4) is 0 Å². The largest absolute Gasteiger partial charge is 0.227 e. The lowest BCUT2D eigenvalue weighted by molar-refractivity contribution is 0.586. The van der Waals surface area contributed by atoms with Crippen LogP contribution in [0.2, 0.25) is 0 Å². The average molecular weight is 347 g/mol. The predicted molar refractivity (Wildman–Crippen MR) is 86.7 cm³/mol. The maximum atomic E-state index is 12.4. The molecule has 0 aliphatic carbocycles. The second kappa shape index (κ2) is 6.75. The molecule has 0 aliphatic rings. The van der Waals surface area contributed by atoms with Crippen molar-refractivity contribution >= 4 is 39.0 Å². The molecule has 4 nitrogen and oxygen atoms in total.